The van der Waals surface area contributed by atoms with Gasteiger partial charge in [-0.3, -0.25) is 10.1 Å². The van der Waals surface area contributed by atoms with E-state index in [1.807, 2.05) is 20.8 Å². The summed E-state index contributed by atoms with van der Waals surface area (Å²) in [5, 5.41) is 14.2. The van der Waals surface area contributed by atoms with Crippen LogP contribution >= 0.6 is 0 Å². The molecule has 0 aliphatic rings. The summed E-state index contributed by atoms with van der Waals surface area (Å²) in [5.41, 5.74) is 0.778. The predicted molar refractivity (Wildman–Crippen MR) is 83.3 cm³/mol. The third kappa shape index (κ3) is 6.28. The second kappa shape index (κ2) is 7.65. The van der Waals surface area contributed by atoms with Crippen LogP contribution in [0, 0.1) is 22.0 Å². The summed E-state index contributed by atoms with van der Waals surface area (Å²) < 4.78 is 5.67. The molecule has 0 saturated heterocycles. The Balaban J connectivity index is 2.87. The fraction of sp³-hybridized carbons (Fsp3) is 0.500. The van der Waals surface area contributed by atoms with Gasteiger partial charge in [0.15, 0.2) is 0 Å². The number of ether oxygens (including phenoxy) is 1. The first kappa shape index (κ1) is 17.0. The fourth-order valence-corrected chi connectivity index (χ4v) is 1.66. The van der Waals surface area contributed by atoms with E-state index in [4.69, 9.17) is 4.74 Å². The maximum atomic E-state index is 10.9. The quantitative estimate of drug-likeness (QED) is 0.378. The molecule has 0 aliphatic carbocycles. The van der Waals surface area contributed by atoms with Crippen LogP contribution in [-0.2, 0) is 6.54 Å². The van der Waals surface area contributed by atoms with E-state index in [0.29, 0.717) is 25.3 Å². The van der Waals surface area contributed by atoms with Gasteiger partial charge in [0.25, 0.3) is 5.69 Å². The van der Waals surface area contributed by atoms with Gasteiger partial charge in [-0.2, -0.15) is 0 Å². The zero-order chi connectivity index (χ0) is 15.9. The molecule has 21 heavy (non-hydrogen) atoms. The number of hydrogen-bond acceptors (Lipinski definition) is 4. The van der Waals surface area contributed by atoms with E-state index < -0.39 is 4.92 Å². The van der Waals surface area contributed by atoms with Crippen molar-refractivity contribution in [1.82, 2.24) is 5.32 Å². The molecular weight excluding hydrogens is 268 g/mol. The monoisotopic (exact) mass is 290 g/mol. The van der Waals surface area contributed by atoms with Gasteiger partial charge in [0.2, 0.25) is 0 Å². The number of hydrogen-bond donors (Lipinski definition) is 1. The molecule has 0 bridgehead atoms. The van der Waals surface area contributed by atoms with Crippen molar-refractivity contribution in [2.75, 3.05) is 6.61 Å². The molecule has 1 aromatic carbocycles. The summed E-state index contributed by atoms with van der Waals surface area (Å²) in [7, 11) is 0. The number of nitrogens with zero attached hydrogens (tertiary/aromatic N) is 1. The summed E-state index contributed by atoms with van der Waals surface area (Å²) in [6.45, 7) is 8.90. The van der Waals surface area contributed by atoms with Crippen molar-refractivity contribution in [3.8, 4) is 17.6 Å². The normalized spacial score (nSPS) is 10.7. The Labute approximate surface area is 125 Å². The van der Waals surface area contributed by atoms with Gasteiger partial charge in [-0.25, -0.2) is 0 Å². The SMILES string of the molecule is CC#CCCOc1ccc([N+](=O)[O-])cc1CNC(C)(C)C. The number of non-ortho nitro benzene ring substituents is 1. The molecule has 0 atom stereocenters. The van der Waals surface area contributed by atoms with Crippen molar-refractivity contribution < 1.29 is 9.66 Å². The zero-order valence-corrected chi connectivity index (χ0v) is 13.0. The first-order chi connectivity index (χ1) is 9.83. The summed E-state index contributed by atoms with van der Waals surface area (Å²) in [6, 6.07) is 4.66. The topological polar surface area (TPSA) is 64.4 Å². The molecule has 0 aliphatic heterocycles. The van der Waals surface area contributed by atoms with Crippen molar-refractivity contribution in [3.05, 3.63) is 33.9 Å². The van der Waals surface area contributed by atoms with E-state index in [2.05, 4.69) is 17.2 Å². The minimum absolute atomic E-state index is 0.0707. The van der Waals surface area contributed by atoms with Crippen LogP contribution in [-0.4, -0.2) is 17.1 Å². The van der Waals surface area contributed by atoms with Crippen molar-refractivity contribution in [3.63, 3.8) is 0 Å². The fourth-order valence-electron chi connectivity index (χ4n) is 1.66. The molecule has 0 radical (unpaired) electrons. The zero-order valence-electron chi connectivity index (χ0n) is 13.0. The second-order valence-electron chi connectivity index (χ2n) is 5.68. The number of nitro groups is 1. The highest BCUT2D eigenvalue weighted by molar-refractivity contribution is 5.43. The van der Waals surface area contributed by atoms with Gasteiger partial charge < -0.3 is 10.1 Å². The largest absolute Gasteiger partial charge is 0.492 e. The minimum Gasteiger partial charge on any atom is -0.492 e. The molecule has 114 valence electrons. The standard InChI is InChI=1S/C16H22N2O3/c1-5-6-7-10-21-15-9-8-14(18(19)20)11-13(15)12-17-16(2,3)4/h8-9,11,17H,7,10,12H2,1-4H3. The smallest absolute Gasteiger partial charge is 0.270 e. The van der Waals surface area contributed by atoms with E-state index in [0.717, 1.165) is 5.56 Å². The number of rotatable bonds is 6. The molecule has 0 spiro atoms. The summed E-state index contributed by atoms with van der Waals surface area (Å²) in [5.74, 6) is 6.39. The molecule has 5 heteroatoms. The molecule has 0 unspecified atom stereocenters. The lowest BCUT2D eigenvalue weighted by Crippen LogP contribution is -2.35. The molecular formula is C16H22N2O3. The van der Waals surface area contributed by atoms with Crippen molar-refractivity contribution >= 4 is 5.69 Å². The van der Waals surface area contributed by atoms with Crippen LogP contribution in [0.25, 0.3) is 0 Å². The van der Waals surface area contributed by atoms with E-state index >= 15 is 0 Å². The average molecular weight is 290 g/mol. The highest BCUT2D eigenvalue weighted by Gasteiger charge is 2.15. The molecule has 0 fully saturated rings. The molecule has 1 N–H and O–H groups in total. The third-order valence-corrected chi connectivity index (χ3v) is 2.73. The van der Waals surface area contributed by atoms with Crippen LogP contribution in [0.2, 0.25) is 0 Å². The lowest BCUT2D eigenvalue weighted by Gasteiger charge is -2.21. The number of benzene rings is 1. The Morgan fingerprint density at radius 3 is 2.67 bits per heavy atom. The molecule has 1 rings (SSSR count). The van der Waals surface area contributed by atoms with E-state index in [-0.39, 0.29) is 11.2 Å². The van der Waals surface area contributed by atoms with Gasteiger partial charge in [0.05, 0.1) is 11.5 Å². The average Bonchev–Trinajstić information content (AvgIpc) is 2.41. The maximum absolute atomic E-state index is 10.9. The van der Waals surface area contributed by atoms with Crippen molar-refractivity contribution in [2.24, 2.45) is 0 Å². The lowest BCUT2D eigenvalue weighted by molar-refractivity contribution is -0.384. The molecule has 1 aromatic rings. The molecule has 0 saturated carbocycles. The van der Waals surface area contributed by atoms with Gasteiger partial charge in [0.1, 0.15) is 5.75 Å². The van der Waals surface area contributed by atoms with Gasteiger partial charge >= 0.3 is 0 Å². The van der Waals surface area contributed by atoms with Crippen molar-refractivity contribution in [2.45, 2.75) is 46.2 Å². The van der Waals surface area contributed by atoms with Crippen LogP contribution in [0.3, 0.4) is 0 Å². The molecule has 5 nitrogen and oxygen atoms in total. The van der Waals surface area contributed by atoms with E-state index in [9.17, 15) is 10.1 Å². The summed E-state index contributed by atoms with van der Waals surface area (Å²) >= 11 is 0. The lowest BCUT2D eigenvalue weighted by atomic mass is 10.1. The number of nitrogens with one attached hydrogen (secondary N) is 1. The van der Waals surface area contributed by atoms with E-state index in [1.165, 1.54) is 6.07 Å². The van der Waals surface area contributed by atoms with Gasteiger partial charge in [-0.15, -0.1) is 11.8 Å². The first-order valence-electron chi connectivity index (χ1n) is 6.88. The Hall–Kier alpha value is -2.06. The summed E-state index contributed by atoms with van der Waals surface area (Å²) in [4.78, 5) is 10.5. The highest BCUT2D eigenvalue weighted by atomic mass is 16.6. The number of nitro benzene ring substituents is 1. The van der Waals surface area contributed by atoms with Gasteiger partial charge in [0, 0.05) is 36.2 Å². The first-order valence-corrected chi connectivity index (χ1v) is 6.88. The van der Waals surface area contributed by atoms with E-state index in [1.54, 1.807) is 19.1 Å². The second-order valence-corrected chi connectivity index (χ2v) is 5.68. The maximum Gasteiger partial charge on any atom is 0.270 e. The Bertz CT molecular complexity index is 551. The van der Waals surface area contributed by atoms with Crippen LogP contribution in [0.1, 0.15) is 39.7 Å². The van der Waals surface area contributed by atoms with Crippen molar-refractivity contribution in [1.29, 1.82) is 0 Å². The summed E-state index contributed by atoms with van der Waals surface area (Å²) in [6.07, 6.45) is 0.639. The highest BCUT2D eigenvalue weighted by Crippen LogP contribution is 2.25. The minimum atomic E-state index is -0.396. The van der Waals surface area contributed by atoms with Gasteiger partial charge in [-0.05, 0) is 33.8 Å². The van der Waals surface area contributed by atoms with Crippen LogP contribution in [0.4, 0.5) is 5.69 Å². The van der Waals surface area contributed by atoms with Gasteiger partial charge in [-0.1, -0.05) is 0 Å². The van der Waals surface area contributed by atoms with Crippen LogP contribution < -0.4 is 10.1 Å². The molecule has 0 heterocycles. The Kier molecular flexibility index (Phi) is 6.19. The molecule has 0 aromatic heterocycles. The Morgan fingerprint density at radius 2 is 2.10 bits per heavy atom. The van der Waals surface area contributed by atoms with Crippen LogP contribution in [0.5, 0.6) is 5.75 Å². The molecule has 0 amide bonds. The Morgan fingerprint density at radius 1 is 1.38 bits per heavy atom. The van der Waals surface area contributed by atoms with Crippen LogP contribution in [0.15, 0.2) is 18.2 Å². The predicted octanol–water partition coefficient (Wildman–Crippen LogP) is 3.28. The third-order valence-electron chi connectivity index (χ3n) is 2.73.